The van der Waals surface area contributed by atoms with Crippen LogP contribution in [0.5, 0.6) is 0 Å². The monoisotopic (exact) mass is 239 g/mol. The Labute approximate surface area is 102 Å². The fourth-order valence-electron chi connectivity index (χ4n) is 1.80. The first-order chi connectivity index (χ1) is 8.07. The molecule has 2 N–H and O–H groups in total. The van der Waals surface area contributed by atoms with E-state index in [1.54, 1.807) is 11.9 Å². The minimum absolute atomic E-state index is 0.0118. The number of aryl methyl sites for hydroxylation is 2. The first kappa shape index (κ1) is 13.7. The lowest BCUT2D eigenvalue weighted by Crippen LogP contribution is -2.28. The number of carbonyl (C=O) groups is 1. The molecule has 0 atom stereocenters. The van der Waals surface area contributed by atoms with E-state index in [1.807, 2.05) is 13.8 Å². The van der Waals surface area contributed by atoms with E-state index < -0.39 is 0 Å². The van der Waals surface area contributed by atoms with Crippen LogP contribution in [-0.4, -0.2) is 46.3 Å². The van der Waals surface area contributed by atoms with Gasteiger partial charge in [-0.2, -0.15) is 5.10 Å². The van der Waals surface area contributed by atoms with Crippen LogP contribution in [0, 0.1) is 13.8 Å². The van der Waals surface area contributed by atoms with Crippen molar-refractivity contribution < 1.29 is 9.90 Å². The molecule has 1 aromatic rings. The van der Waals surface area contributed by atoms with Gasteiger partial charge >= 0.3 is 0 Å². The summed E-state index contributed by atoms with van der Waals surface area (Å²) in [7, 11) is 1.80. The smallest absolute Gasteiger partial charge is 0.257 e. The molecule has 0 saturated heterocycles. The van der Waals surface area contributed by atoms with Crippen LogP contribution >= 0.6 is 0 Å². The Hall–Kier alpha value is -1.36. The number of H-pyrrole nitrogens is 1. The molecule has 1 heterocycles. The zero-order chi connectivity index (χ0) is 12.8. The van der Waals surface area contributed by atoms with Gasteiger partial charge in [-0.15, -0.1) is 0 Å². The van der Waals surface area contributed by atoms with Crippen molar-refractivity contribution in [3.05, 3.63) is 17.0 Å². The number of aliphatic hydroxyl groups is 1. The number of rotatable bonds is 6. The van der Waals surface area contributed by atoms with Crippen molar-refractivity contribution in [1.29, 1.82) is 0 Å². The van der Waals surface area contributed by atoms with Crippen LogP contribution in [0.1, 0.15) is 41.0 Å². The van der Waals surface area contributed by atoms with Gasteiger partial charge in [-0.25, -0.2) is 0 Å². The normalized spacial score (nSPS) is 10.6. The molecule has 1 aromatic heterocycles. The lowest BCUT2D eigenvalue weighted by molar-refractivity contribution is 0.0791. The summed E-state index contributed by atoms with van der Waals surface area (Å²) in [6, 6.07) is 0. The summed E-state index contributed by atoms with van der Waals surface area (Å²) < 4.78 is 0. The molecule has 5 nitrogen and oxygen atoms in total. The van der Waals surface area contributed by atoms with Gasteiger partial charge in [-0.1, -0.05) is 0 Å². The Morgan fingerprint density at radius 2 is 2.06 bits per heavy atom. The molecule has 0 radical (unpaired) electrons. The largest absolute Gasteiger partial charge is 0.396 e. The van der Waals surface area contributed by atoms with E-state index in [-0.39, 0.29) is 12.5 Å². The highest BCUT2D eigenvalue weighted by molar-refractivity contribution is 5.96. The Bertz CT molecular complexity index is 354. The first-order valence-electron chi connectivity index (χ1n) is 5.95. The number of nitrogens with zero attached hydrogens (tertiary/aromatic N) is 2. The van der Waals surface area contributed by atoms with E-state index >= 15 is 0 Å². The van der Waals surface area contributed by atoms with Crippen LogP contribution in [0.15, 0.2) is 0 Å². The van der Waals surface area contributed by atoms with Crippen molar-refractivity contribution in [2.45, 2.75) is 33.1 Å². The average Bonchev–Trinajstić information content (AvgIpc) is 2.63. The predicted octanol–water partition coefficient (Wildman–Crippen LogP) is 1.26. The minimum Gasteiger partial charge on any atom is -0.396 e. The summed E-state index contributed by atoms with van der Waals surface area (Å²) in [5.41, 5.74) is 2.24. The van der Waals surface area contributed by atoms with Crippen molar-refractivity contribution in [2.24, 2.45) is 0 Å². The summed E-state index contributed by atoms with van der Waals surface area (Å²) in [6.07, 6.45) is 2.65. The van der Waals surface area contributed by atoms with Crippen molar-refractivity contribution in [3.8, 4) is 0 Å². The molecule has 0 aliphatic heterocycles. The Morgan fingerprint density at radius 3 is 2.59 bits per heavy atom. The number of carbonyl (C=O) groups excluding carboxylic acids is 1. The fraction of sp³-hybridized carbons (Fsp3) is 0.667. The summed E-state index contributed by atoms with van der Waals surface area (Å²) in [5.74, 6) is 0.0118. The van der Waals surface area contributed by atoms with Gasteiger partial charge in [0, 0.05) is 25.9 Å². The Morgan fingerprint density at radius 1 is 1.35 bits per heavy atom. The van der Waals surface area contributed by atoms with Crippen LogP contribution in [-0.2, 0) is 0 Å². The Balaban J connectivity index is 2.52. The number of aromatic amines is 1. The number of unbranched alkanes of at least 4 members (excludes halogenated alkanes) is 2. The third kappa shape index (κ3) is 3.56. The molecule has 1 rings (SSSR count). The van der Waals surface area contributed by atoms with Crippen molar-refractivity contribution >= 4 is 5.91 Å². The lowest BCUT2D eigenvalue weighted by Gasteiger charge is -2.17. The van der Waals surface area contributed by atoms with Crippen molar-refractivity contribution in [3.63, 3.8) is 0 Å². The molecule has 0 bridgehead atoms. The SMILES string of the molecule is Cc1n[nH]c(C)c1C(=O)N(C)CCCCCO. The van der Waals surface area contributed by atoms with Gasteiger partial charge in [0.25, 0.3) is 5.91 Å². The molecule has 0 aromatic carbocycles. The van der Waals surface area contributed by atoms with Crippen LogP contribution in [0.2, 0.25) is 0 Å². The molecule has 1 amide bonds. The predicted molar refractivity (Wildman–Crippen MR) is 66.0 cm³/mol. The number of hydrogen-bond acceptors (Lipinski definition) is 3. The van der Waals surface area contributed by atoms with E-state index in [4.69, 9.17) is 5.11 Å². The standard InChI is InChI=1S/C12H21N3O2/c1-9-11(10(2)14-13-9)12(17)15(3)7-5-4-6-8-16/h16H,4-8H2,1-3H3,(H,13,14). The van der Waals surface area contributed by atoms with E-state index in [0.29, 0.717) is 12.1 Å². The second-order valence-electron chi connectivity index (χ2n) is 4.32. The zero-order valence-electron chi connectivity index (χ0n) is 10.8. The van der Waals surface area contributed by atoms with Gasteiger partial charge in [0.05, 0.1) is 11.3 Å². The van der Waals surface area contributed by atoms with Gasteiger partial charge in [0.15, 0.2) is 0 Å². The Kier molecular flexibility index (Phi) is 5.15. The molecule has 0 saturated carbocycles. The van der Waals surface area contributed by atoms with Gasteiger partial charge in [0.1, 0.15) is 0 Å². The summed E-state index contributed by atoms with van der Waals surface area (Å²) in [4.78, 5) is 13.8. The van der Waals surface area contributed by atoms with E-state index in [0.717, 1.165) is 30.7 Å². The minimum atomic E-state index is 0.0118. The summed E-state index contributed by atoms with van der Waals surface area (Å²) >= 11 is 0. The molecule has 0 fully saturated rings. The first-order valence-corrected chi connectivity index (χ1v) is 5.95. The second-order valence-corrected chi connectivity index (χ2v) is 4.32. The molecule has 0 aliphatic carbocycles. The second kappa shape index (κ2) is 6.39. The van der Waals surface area contributed by atoms with Crippen molar-refractivity contribution in [1.82, 2.24) is 15.1 Å². The number of nitrogens with one attached hydrogen (secondary N) is 1. The van der Waals surface area contributed by atoms with Crippen LogP contribution in [0.3, 0.4) is 0 Å². The van der Waals surface area contributed by atoms with E-state index in [9.17, 15) is 4.79 Å². The highest BCUT2D eigenvalue weighted by Crippen LogP contribution is 2.12. The third-order valence-electron chi connectivity index (χ3n) is 2.84. The number of aromatic nitrogens is 2. The van der Waals surface area contributed by atoms with Gasteiger partial charge in [-0.3, -0.25) is 9.89 Å². The maximum absolute atomic E-state index is 12.1. The molecule has 96 valence electrons. The van der Waals surface area contributed by atoms with Gasteiger partial charge in [-0.05, 0) is 33.1 Å². The topological polar surface area (TPSA) is 69.2 Å². The molecule has 5 heteroatoms. The van der Waals surface area contributed by atoms with Gasteiger partial charge < -0.3 is 10.0 Å². The van der Waals surface area contributed by atoms with Crippen molar-refractivity contribution in [2.75, 3.05) is 20.2 Å². The quantitative estimate of drug-likeness (QED) is 0.734. The van der Waals surface area contributed by atoms with Crippen LogP contribution in [0.25, 0.3) is 0 Å². The van der Waals surface area contributed by atoms with Crippen LogP contribution in [0.4, 0.5) is 0 Å². The van der Waals surface area contributed by atoms with Crippen LogP contribution < -0.4 is 0 Å². The molecular formula is C12H21N3O2. The molecule has 0 spiro atoms. The molecule has 17 heavy (non-hydrogen) atoms. The third-order valence-corrected chi connectivity index (χ3v) is 2.84. The molecule has 0 unspecified atom stereocenters. The molecular weight excluding hydrogens is 218 g/mol. The maximum Gasteiger partial charge on any atom is 0.257 e. The molecule has 0 aliphatic rings. The zero-order valence-corrected chi connectivity index (χ0v) is 10.8. The number of amides is 1. The lowest BCUT2D eigenvalue weighted by atomic mass is 10.1. The summed E-state index contributed by atoms with van der Waals surface area (Å²) in [5, 5.41) is 15.5. The number of hydrogen-bond donors (Lipinski definition) is 2. The van der Waals surface area contributed by atoms with E-state index in [2.05, 4.69) is 10.2 Å². The van der Waals surface area contributed by atoms with Gasteiger partial charge in [0.2, 0.25) is 0 Å². The van der Waals surface area contributed by atoms with E-state index in [1.165, 1.54) is 0 Å². The summed E-state index contributed by atoms with van der Waals surface area (Å²) in [6.45, 7) is 4.61. The fourth-order valence-corrected chi connectivity index (χ4v) is 1.80. The number of aliphatic hydroxyl groups excluding tert-OH is 1. The highest BCUT2D eigenvalue weighted by Gasteiger charge is 2.18. The average molecular weight is 239 g/mol. The highest BCUT2D eigenvalue weighted by atomic mass is 16.2. The maximum atomic E-state index is 12.1.